The highest BCUT2D eigenvalue weighted by Gasteiger charge is 2.36. The number of likely N-dealkylation sites (N-methyl/N-ethyl adjacent to an activating group) is 1. The fraction of sp³-hybridized carbons (Fsp3) is 0.308. The van der Waals surface area contributed by atoms with Crippen molar-refractivity contribution in [3.05, 3.63) is 83.8 Å². The van der Waals surface area contributed by atoms with Crippen molar-refractivity contribution in [3.63, 3.8) is 0 Å². The van der Waals surface area contributed by atoms with Crippen molar-refractivity contribution in [2.45, 2.75) is 19.0 Å². The van der Waals surface area contributed by atoms with E-state index in [-0.39, 0.29) is 17.6 Å². The van der Waals surface area contributed by atoms with Gasteiger partial charge in [0.25, 0.3) is 5.91 Å². The number of nitrogens with zero attached hydrogens (tertiary/aromatic N) is 3. The third-order valence-electron chi connectivity index (χ3n) is 6.55. The minimum atomic E-state index is -0.616. The highest BCUT2D eigenvalue weighted by atomic mass is 16.3. The van der Waals surface area contributed by atoms with Gasteiger partial charge < -0.3 is 24.4 Å². The Kier molecular flexibility index (Phi) is 5.88. The second-order valence-electron chi connectivity index (χ2n) is 8.73. The third kappa shape index (κ3) is 4.50. The van der Waals surface area contributed by atoms with Crippen LogP contribution in [0.2, 0.25) is 0 Å². The van der Waals surface area contributed by atoms with E-state index in [0.29, 0.717) is 13.0 Å². The molecule has 3 heterocycles. The molecule has 7 nitrogen and oxygen atoms in total. The molecule has 33 heavy (non-hydrogen) atoms. The molecule has 170 valence electrons. The largest absolute Gasteiger partial charge is 0.459 e. The molecule has 2 aliphatic rings. The summed E-state index contributed by atoms with van der Waals surface area (Å²) in [5.41, 5.74) is 4.02. The highest BCUT2D eigenvalue weighted by Crippen LogP contribution is 2.27. The first-order chi connectivity index (χ1) is 16.1. The summed E-state index contributed by atoms with van der Waals surface area (Å²) in [4.78, 5) is 32.7. The van der Waals surface area contributed by atoms with Gasteiger partial charge in [0.1, 0.15) is 6.04 Å². The Bertz CT molecular complexity index is 1120. The van der Waals surface area contributed by atoms with Crippen LogP contribution in [0.5, 0.6) is 0 Å². The summed E-state index contributed by atoms with van der Waals surface area (Å²) in [6.45, 7) is 4.44. The first-order valence-electron chi connectivity index (χ1n) is 11.3. The van der Waals surface area contributed by atoms with E-state index in [4.69, 9.17) is 4.42 Å². The van der Waals surface area contributed by atoms with Crippen molar-refractivity contribution in [1.82, 2.24) is 9.80 Å². The van der Waals surface area contributed by atoms with Gasteiger partial charge >= 0.3 is 0 Å². The number of hydrogen-bond donors (Lipinski definition) is 1. The molecule has 2 amide bonds. The Morgan fingerprint density at radius 2 is 1.64 bits per heavy atom. The number of fused-ring (bicyclic) bond motifs is 1. The number of rotatable bonds is 4. The Morgan fingerprint density at radius 3 is 2.33 bits per heavy atom. The van der Waals surface area contributed by atoms with Crippen molar-refractivity contribution in [2.75, 3.05) is 43.4 Å². The van der Waals surface area contributed by atoms with Crippen LogP contribution in [-0.2, 0) is 17.8 Å². The van der Waals surface area contributed by atoms with Crippen LogP contribution in [0, 0.1) is 0 Å². The molecule has 2 aromatic carbocycles. The molecular formula is C26H28N4O3. The fourth-order valence-corrected chi connectivity index (χ4v) is 4.56. The van der Waals surface area contributed by atoms with E-state index in [1.54, 1.807) is 17.0 Å². The van der Waals surface area contributed by atoms with Crippen LogP contribution in [0.4, 0.5) is 11.4 Å². The molecule has 7 heteroatoms. The van der Waals surface area contributed by atoms with Crippen LogP contribution in [-0.4, -0.2) is 60.9 Å². The Morgan fingerprint density at radius 1 is 0.909 bits per heavy atom. The van der Waals surface area contributed by atoms with Gasteiger partial charge in [-0.1, -0.05) is 24.3 Å². The summed E-state index contributed by atoms with van der Waals surface area (Å²) in [7, 11) is 2.14. The maximum atomic E-state index is 13.3. The minimum absolute atomic E-state index is 0.197. The van der Waals surface area contributed by atoms with E-state index < -0.39 is 6.04 Å². The van der Waals surface area contributed by atoms with Crippen LogP contribution in [0.1, 0.15) is 21.7 Å². The zero-order chi connectivity index (χ0) is 22.8. The first kappa shape index (κ1) is 21.3. The van der Waals surface area contributed by atoms with E-state index in [0.717, 1.165) is 48.7 Å². The number of nitrogens with one attached hydrogen (secondary N) is 1. The molecule has 1 aromatic heterocycles. The van der Waals surface area contributed by atoms with Gasteiger partial charge in [-0.3, -0.25) is 9.59 Å². The second kappa shape index (κ2) is 9.11. The zero-order valence-electron chi connectivity index (χ0n) is 18.7. The molecule has 0 aliphatic carbocycles. The minimum Gasteiger partial charge on any atom is -0.459 e. The molecule has 1 saturated heterocycles. The Labute approximate surface area is 193 Å². The number of carbonyl (C=O) groups excluding carboxylic acids is 2. The van der Waals surface area contributed by atoms with E-state index in [9.17, 15) is 9.59 Å². The van der Waals surface area contributed by atoms with Crippen molar-refractivity contribution in [2.24, 2.45) is 0 Å². The van der Waals surface area contributed by atoms with E-state index in [1.165, 1.54) is 6.26 Å². The quantitative estimate of drug-likeness (QED) is 0.669. The van der Waals surface area contributed by atoms with Crippen LogP contribution in [0.25, 0.3) is 0 Å². The molecular weight excluding hydrogens is 416 g/mol. The molecule has 2 aliphatic heterocycles. The number of benzene rings is 2. The average molecular weight is 445 g/mol. The van der Waals surface area contributed by atoms with Gasteiger partial charge in [-0.2, -0.15) is 0 Å². The summed E-state index contributed by atoms with van der Waals surface area (Å²) in [5, 5.41) is 3.02. The van der Waals surface area contributed by atoms with Crippen molar-refractivity contribution in [1.29, 1.82) is 0 Å². The van der Waals surface area contributed by atoms with Crippen molar-refractivity contribution in [3.8, 4) is 0 Å². The summed E-state index contributed by atoms with van der Waals surface area (Å²) in [6.07, 6.45) is 1.94. The number of furan rings is 1. The Hall–Kier alpha value is -3.58. The van der Waals surface area contributed by atoms with Crippen molar-refractivity contribution >= 4 is 23.2 Å². The SMILES string of the molecule is CN1CCN(c2ccc(NC(=O)C3Cc4ccccc4CN3C(=O)c3ccco3)cc2)CC1. The number of piperazine rings is 1. The lowest BCUT2D eigenvalue weighted by molar-refractivity contribution is -0.121. The molecule has 5 rings (SSSR count). The fourth-order valence-electron chi connectivity index (χ4n) is 4.56. The number of hydrogen-bond acceptors (Lipinski definition) is 5. The maximum absolute atomic E-state index is 13.3. The van der Waals surface area contributed by atoms with Crippen LogP contribution in [0.3, 0.4) is 0 Å². The topological polar surface area (TPSA) is 69.0 Å². The standard InChI is InChI=1S/C26H28N4O3/c1-28-12-14-29(15-13-28)22-10-8-21(9-11-22)27-25(31)23-17-19-5-2-3-6-20(19)18-30(23)26(32)24-7-4-16-33-24/h2-11,16,23H,12-15,17-18H2,1H3,(H,27,31). The smallest absolute Gasteiger partial charge is 0.290 e. The third-order valence-corrected chi connectivity index (χ3v) is 6.55. The molecule has 1 unspecified atom stereocenters. The van der Waals surface area contributed by atoms with Gasteiger partial charge in [-0.25, -0.2) is 0 Å². The van der Waals surface area contributed by atoms with Crippen LogP contribution >= 0.6 is 0 Å². The van der Waals surface area contributed by atoms with Gasteiger partial charge in [0.2, 0.25) is 5.91 Å². The molecule has 0 radical (unpaired) electrons. The molecule has 1 atom stereocenters. The van der Waals surface area contributed by atoms with Gasteiger partial charge in [0.05, 0.1) is 6.26 Å². The molecule has 0 bridgehead atoms. The van der Waals surface area contributed by atoms with Gasteiger partial charge in [-0.15, -0.1) is 0 Å². The Balaban J connectivity index is 1.33. The average Bonchev–Trinajstić information content (AvgIpc) is 3.39. The summed E-state index contributed by atoms with van der Waals surface area (Å²) in [5.74, 6) is -0.236. The predicted octanol–water partition coefficient (Wildman–Crippen LogP) is 3.24. The van der Waals surface area contributed by atoms with Gasteiger partial charge in [0, 0.05) is 50.5 Å². The lowest BCUT2D eigenvalue weighted by atomic mass is 9.93. The molecule has 3 aromatic rings. The van der Waals surface area contributed by atoms with E-state index >= 15 is 0 Å². The van der Waals surface area contributed by atoms with Gasteiger partial charge in [-0.05, 0) is 54.6 Å². The predicted molar refractivity (Wildman–Crippen MR) is 127 cm³/mol. The van der Waals surface area contributed by atoms with Crippen LogP contribution in [0.15, 0.2) is 71.3 Å². The van der Waals surface area contributed by atoms with E-state index in [1.807, 2.05) is 48.5 Å². The lowest BCUT2D eigenvalue weighted by Crippen LogP contribution is -2.50. The molecule has 1 N–H and O–H groups in total. The van der Waals surface area contributed by atoms with Crippen LogP contribution < -0.4 is 10.2 Å². The number of amides is 2. The molecule has 0 spiro atoms. The van der Waals surface area contributed by atoms with Gasteiger partial charge in [0.15, 0.2) is 5.76 Å². The highest BCUT2D eigenvalue weighted by molar-refractivity contribution is 6.00. The van der Waals surface area contributed by atoms with E-state index in [2.05, 4.69) is 22.2 Å². The summed E-state index contributed by atoms with van der Waals surface area (Å²) in [6, 6.07) is 18.6. The zero-order valence-corrected chi connectivity index (χ0v) is 18.7. The number of carbonyl (C=O) groups is 2. The monoisotopic (exact) mass is 444 g/mol. The lowest BCUT2D eigenvalue weighted by Gasteiger charge is -2.35. The van der Waals surface area contributed by atoms with Crippen molar-refractivity contribution < 1.29 is 14.0 Å². The number of anilines is 2. The summed E-state index contributed by atoms with van der Waals surface area (Å²) < 4.78 is 5.33. The maximum Gasteiger partial charge on any atom is 0.290 e. The first-order valence-corrected chi connectivity index (χ1v) is 11.3. The normalized spacial score (nSPS) is 18.6. The molecule has 0 saturated carbocycles. The summed E-state index contributed by atoms with van der Waals surface area (Å²) >= 11 is 0. The second-order valence-corrected chi connectivity index (χ2v) is 8.73. The molecule has 1 fully saturated rings.